The third kappa shape index (κ3) is 4.39. The van der Waals surface area contributed by atoms with E-state index in [1.54, 1.807) is 19.4 Å². The zero-order valence-electron chi connectivity index (χ0n) is 16.9. The number of nitrogens with two attached hydrogens (primary N) is 2. The molecule has 0 radical (unpaired) electrons. The van der Waals surface area contributed by atoms with Crippen LogP contribution in [0.4, 0.5) is 0 Å². The lowest BCUT2D eigenvalue weighted by Crippen LogP contribution is -2.48. The van der Waals surface area contributed by atoms with Crippen LogP contribution in [0, 0.1) is 11.3 Å². The molecule has 2 aliphatic heterocycles. The number of rotatable bonds is 7. The molecule has 0 amide bonds. The lowest BCUT2D eigenvalue weighted by molar-refractivity contribution is 0.0973. The van der Waals surface area contributed by atoms with Gasteiger partial charge in [0.25, 0.3) is 0 Å². The van der Waals surface area contributed by atoms with E-state index in [1.165, 1.54) is 5.56 Å². The summed E-state index contributed by atoms with van der Waals surface area (Å²) >= 11 is 0. The fraction of sp³-hybridized carbons (Fsp3) is 0.500. The molecule has 4 N–H and O–H groups in total. The predicted octanol–water partition coefficient (Wildman–Crippen LogP) is 2.69. The summed E-state index contributed by atoms with van der Waals surface area (Å²) in [4.78, 5) is 6.87. The smallest absolute Gasteiger partial charge is 0.161 e. The van der Waals surface area contributed by atoms with Gasteiger partial charge in [0.05, 0.1) is 7.11 Å². The molecule has 1 fully saturated rings. The van der Waals surface area contributed by atoms with Gasteiger partial charge in [0.15, 0.2) is 11.5 Å². The van der Waals surface area contributed by atoms with Crippen molar-refractivity contribution in [3.63, 3.8) is 0 Å². The monoisotopic (exact) mass is 384 g/mol. The van der Waals surface area contributed by atoms with Crippen molar-refractivity contribution in [2.45, 2.75) is 32.5 Å². The molecule has 1 aromatic carbocycles. The van der Waals surface area contributed by atoms with E-state index in [1.807, 2.05) is 6.07 Å². The van der Waals surface area contributed by atoms with Crippen molar-refractivity contribution in [2.75, 3.05) is 26.8 Å². The van der Waals surface area contributed by atoms with Crippen LogP contribution in [0.2, 0.25) is 0 Å². The summed E-state index contributed by atoms with van der Waals surface area (Å²) in [5.74, 6) is 1.99. The van der Waals surface area contributed by atoms with Gasteiger partial charge in [-0.3, -0.25) is 9.89 Å². The number of aliphatic imine (C=N–C) groups is 1. The molecule has 0 saturated carbocycles. The highest BCUT2D eigenvalue weighted by molar-refractivity contribution is 5.78. The van der Waals surface area contributed by atoms with Crippen LogP contribution in [-0.4, -0.2) is 44.1 Å². The van der Waals surface area contributed by atoms with Crippen LogP contribution in [0.15, 0.2) is 47.6 Å². The minimum Gasteiger partial charge on any atom is -0.493 e. The molecule has 3 rings (SSSR count). The van der Waals surface area contributed by atoms with Crippen LogP contribution < -0.4 is 20.9 Å². The average Bonchev–Trinajstić information content (AvgIpc) is 2.70. The molecule has 6 heteroatoms. The third-order valence-electron chi connectivity index (χ3n) is 5.96. The summed E-state index contributed by atoms with van der Waals surface area (Å²) in [6, 6.07) is 6.13. The lowest BCUT2D eigenvalue weighted by Gasteiger charge is -2.44. The molecular weight excluding hydrogens is 352 g/mol. The molecule has 28 heavy (non-hydrogen) atoms. The van der Waals surface area contributed by atoms with Crippen molar-refractivity contribution in [3.8, 4) is 11.5 Å². The average molecular weight is 385 g/mol. The van der Waals surface area contributed by atoms with Crippen molar-refractivity contribution < 1.29 is 9.47 Å². The second-order valence-electron chi connectivity index (χ2n) is 7.87. The first-order chi connectivity index (χ1) is 13.5. The third-order valence-corrected chi connectivity index (χ3v) is 5.96. The minimum absolute atomic E-state index is 0.170. The van der Waals surface area contributed by atoms with E-state index in [-0.39, 0.29) is 11.6 Å². The van der Waals surface area contributed by atoms with Crippen molar-refractivity contribution in [1.82, 2.24) is 4.90 Å². The maximum absolute atomic E-state index is 6.30. The maximum Gasteiger partial charge on any atom is 0.161 e. The quantitative estimate of drug-likeness (QED) is 0.706. The van der Waals surface area contributed by atoms with E-state index >= 15 is 0 Å². The van der Waals surface area contributed by atoms with Gasteiger partial charge in [-0.15, -0.1) is 0 Å². The number of hydrogen-bond donors (Lipinski definition) is 2. The van der Waals surface area contributed by atoms with E-state index in [0.29, 0.717) is 12.5 Å². The van der Waals surface area contributed by atoms with E-state index in [4.69, 9.17) is 20.9 Å². The molecular formula is C22H32N4O2. The molecule has 0 aliphatic carbocycles. The van der Waals surface area contributed by atoms with Crippen molar-refractivity contribution in [2.24, 2.45) is 27.8 Å². The highest BCUT2D eigenvalue weighted by Crippen LogP contribution is 2.41. The van der Waals surface area contributed by atoms with Crippen LogP contribution in [0.25, 0.3) is 0 Å². The van der Waals surface area contributed by atoms with Crippen LogP contribution in [-0.2, 0) is 6.54 Å². The molecule has 0 aromatic heterocycles. The number of allylic oxidation sites excluding steroid dienone is 1. The largest absolute Gasteiger partial charge is 0.493 e. The number of hydrogen-bond acceptors (Lipinski definition) is 6. The predicted molar refractivity (Wildman–Crippen MR) is 114 cm³/mol. The Balaban J connectivity index is 1.61. The standard InChI is InChI=1S/C22H32N4O2/c1-4-11-28-20-12-16(5-6-19(20)27-3)15-26-9-7-17(8-10-26)22(2)13-18(23)14-25-21(22)24/h4-6,12-14,17,21H,1,7-11,15,23-24H2,2-3H3. The van der Waals surface area contributed by atoms with E-state index in [0.717, 1.165) is 49.7 Å². The first kappa shape index (κ1) is 20.4. The van der Waals surface area contributed by atoms with Crippen molar-refractivity contribution in [1.29, 1.82) is 0 Å². The molecule has 1 saturated heterocycles. The Morgan fingerprint density at radius 1 is 1.32 bits per heavy atom. The first-order valence-electron chi connectivity index (χ1n) is 9.86. The van der Waals surface area contributed by atoms with Crippen molar-refractivity contribution >= 4 is 6.21 Å². The van der Waals surface area contributed by atoms with Gasteiger partial charge in [0.2, 0.25) is 0 Å². The molecule has 2 heterocycles. The van der Waals surface area contributed by atoms with Crippen molar-refractivity contribution in [3.05, 3.63) is 48.2 Å². The van der Waals surface area contributed by atoms with Crippen LogP contribution in [0.3, 0.4) is 0 Å². The number of dihydropyridines is 1. The SMILES string of the molecule is C=CCOc1cc(CN2CCC(C3(C)C=C(N)C=NC3N)CC2)ccc1OC. The Morgan fingerprint density at radius 2 is 2.07 bits per heavy atom. The lowest BCUT2D eigenvalue weighted by atomic mass is 9.69. The molecule has 152 valence electrons. The van der Waals surface area contributed by atoms with Crippen LogP contribution in [0.5, 0.6) is 11.5 Å². The highest BCUT2D eigenvalue weighted by Gasteiger charge is 2.40. The zero-order chi connectivity index (χ0) is 20.1. The number of ether oxygens (including phenoxy) is 2. The van der Waals surface area contributed by atoms with Gasteiger partial charge in [-0.1, -0.05) is 31.7 Å². The minimum atomic E-state index is -0.220. The van der Waals surface area contributed by atoms with Crippen LogP contribution in [0.1, 0.15) is 25.3 Å². The summed E-state index contributed by atoms with van der Waals surface area (Å²) in [6.45, 7) is 9.30. The van der Waals surface area contributed by atoms with Gasteiger partial charge in [0.1, 0.15) is 12.8 Å². The number of methoxy groups -OCH3 is 1. The summed E-state index contributed by atoms with van der Waals surface area (Å²) in [7, 11) is 1.66. The number of benzene rings is 1. The summed E-state index contributed by atoms with van der Waals surface area (Å²) in [6.07, 6.45) is 7.47. The van der Waals surface area contributed by atoms with Crippen LogP contribution >= 0.6 is 0 Å². The van der Waals surface area contributed by atoms with Gasteiger partial charge in [-0.25, -0.2) is 0 Å². The van der Waals surface area contributed by atoms with E-state index in [2.05, 4.69) is 41.6 Å². The normalized spacial score (nSPS) is 26.0. The Labute approximate surface area is 167 Å². The number of likely N-dealkylation sites (tertiary alicyclic amines) is 1. The molecule has 1 aromatic rings. The first-order valence-corrected chi connectivity index (χ1v) is 9.86. The fourth-order valence-electron chi connectivity index (χ4n) is 4.22. The summed E-state index contributed by atoms with van der Waals surface area (Å²) < 4.78 is 11.1. The fourth-order valence-corrected chi connectivity index (χ4v) is 4.22. The Kier molecular flexibility index (Phi) is 6.42. The number of nitrogens with zero attached hydrogens (tertiary/aromatic N) is 2. The molecule has 2 aliphatic rings. The molecule has 0 spiro atoms. The summed E-state index contributed by atoms with van der Waals surface area (Å²) in [5.41, 5.74) is 14.1. The van der Waals surface area contributed by atoms with E-state index < -0.39 is 0 Å². The Hall–Kier alpha value is -2.31. The maximum atomic E-state index is 6.30. The topological polar surface area (TPSA) is 86.1 Å². The Bertz CT molecular complexity index is 753. The number of piperidine rings is 1. The molecule has 0 bridgehead atoms. The van der Waals surface area contributed by atoms with Gasteiger partial charge < -0.3 is 20.9 Å². The van der Waals surface area contributed by atoms with Gasteiger partial charge >= 0.3 is 0 Å². The van der Waals surface area contributed by atoms with E-state index in [9.17, 15) is 0 Å². The Morgan fingerprint density at radius 3 is 2.75 bits per heavy atom. The second kappa shape index (κ2) is 8.80. The molecule has 6 nitrogen and oxygen atoms in total. The van der Waals surface area contributed by atoms with Gasteiger partial charge in [-0.05, 0) is 49.5 Å². The van der Waals surface area contributed by atoms with Gasteiger partial charge in [-0.2, -0.15) is 0 Å². The second-order valence-corrected chi connectivity index (χ2v) is 7.87. The highest BCUT2D eigenvalue weighted by atomic mass is 16.5. The molecule has 2 unspecified atom stereocenters. The zero-order valence-corrected chi connectivity index (χ0v) is 16.9. The molecule has 2 atom stereocenters. The summed E-state index contributed by atoms with van der Waals surface area (Å²) in [5, 5.41) is 0. The van der Waals surface area contributed by atoms with Gasteiger partial charge in [0, 0.05) is 23.9 Å².